The number of rotatable bonds is 3. The van der Waals surface area contributed by atoms with Crippen molar-refractivity contribution in [3.63, 3.8) is 0 Å². The van der Waals surface area contributed by atoms with Crippen LogP contribution in [-0.2, 0) is 12.8 Å². The van der Waals surface area contributed by atoms with E-state index in [1.807, 2.05) is 0 Å². The molecule has 0 bridgehead atoms. The Bertz CT molecular complexity index is 458. The Morgan fingerprint density at radius 3 is 2.19 bits per heavy atom. The predicted octanol–water partition coefficient (Wildman–Crippen LogP) is 1.90. The van der Waals surface area contributed by atoms with Gasteiger partial charge >= 0.3 is 0 Å². The van der Waals surface area contributed by atoms with Gasteiger partial charge in [0.2, 0.25) is 0 Å². The third-order valence-corrected chi connectivity index (χ3v) is 5.56. The van der Waals surface area contributed by atoms with Gasteiger partial charge in [-0.1, -0.05) is 24.3 Å². The molecule has 3 heteroatoms. The van der Waals surface area contributed by atoms with E-state index in [0.717, 1.165) is 26.2 Å². The van der Waals surface area contributed by atoms with Crippen LogP contribution in [0.4, 0.5) is 0 Å². The summed E-state index contributed by atoms with van der Waals surface area (Å²) in [4.78, 5) is 5.28. The summed E-state index contributed by atoms with van der Waals surface area (Å²) in [6, 6.07) is 9.56. The molecule has 3 nitrogen and oxygen atoms in total. The normalized spacial score (nSPS) is 27.8. The van der Waals surface area contributed by atoms with Crippen molar-refractivity contribution >= 4 is 0 Å². The molecule has 3 rings (SSSR count). The summed E-state index contributed by atoms with van der Waals surface area (Å²) >= 11 is 0. The minimum atomic E-state index is 0.201. The van der Waals surface area contributed by atoms with Crippen LogP contribution in [0.25, 0.3) is 0 Å². The van der Waals surface area contributed by atoms with E-state index in [1.165, 1.54) is 36.9 Å². The first-order chi connectivity index (χ1) is 10.1. The van der Waals surface area contributed by atoms with Crippen molar-refractivity contribution in [2.24, 2.45) is 5.73 Å². The molecule has 1 saturated heterocycles. The number of fused-ring (bicyclic) bond motifs is 1. The summed E-state index contributed by atoms with van der Waals surface area (Å²) in [5.74, 6) is 0. The highest BCUT2D eigenvalue weighted by atomic mass is 15.3. The van der Waals surface area contributed by atoms with E-state index in [4.69, 9.17) is 5.73 Å². The van der Waals surface area contributed by atoms with Crippen LogP contribution in [0, 0.1) is 0 Å². The van der Waals surface area contributed by atoms with E-state index in [0.29, 0.717) is 6.04 Å². The molecule has 0 aromatic heterocycles. The number of nitrogens with zero attached hydrogens (tertiary/aromatic N) is 2. The molecule has 0 amide bonds. The zero-order valence-electron chi connectivity index (χ0n) is 13.5. The van der Waals surface area contributed by atoms with Gasteiger partial charge in [0, 0.05) is 44.3 Å². The van der Waals surface area contributed by atoms with Crippen LogP contribution in [0.2, 0.25) is 0 Å². The fourth-order valence-corrected chi connectivity index (χ4v) is 4.02. The maximum atomic E-state index is 6.25. The topological polar surface area (TPSA) is 32.5 Å². The van der Waals surface area contributed by atoms with Crippen LogP contribution >= 0.6 is 0 Å². The van der Waals surface area contributed by atoms with Gasteiger partial charge in [-0.15, -0.1) is 0 Å². The molecule has 1 unspecified atom stereocenters. The summed E-state index contributed by atoms with van der Waals surface area (Å²) in [5, 5.41) is 0. The van der Waals surface area contributed by atoms with E-state index in [2.05, 4.69) is 47.9 Å². The second-order valence-corrected chi connectivity index (χ2v) is 7.00. The lowest BCUT2D eigenvalue weighted by molar-refractivity contribution is 0.0987. The van der Waals surface area contributed by atoms with Gasteiger partial charge in [-0.3, -0.25) is 9.80 Å². The minimum absolute atomic E-state index is 0.201. The van der Waals surface area contributed by atoms with Gasteiger partial charge in [0.05, 0.1) is 0 Å². The third-order valence-electron chi connectivity index (χ3n) is 5.56. The van der Waals surface area contributed by atoms with Crippen LogP contribution in [0.15, 0.2) is 24.3 Å². The summed E-state index contributed by atoms with van der Waals surface area (Å²) in [6.07, 6.45) is 3.55. The molecule has 2 heterocycles. The van der Waals surface area contributed by atoms with Crippen LogP contribution in [0.5, 0.6) is 0 Å². The van der Waals surface area contributed by atoms with Crippen molar-refractivity contribution in [1.29, 1.82) is 0 Å². The second-order valence-electron chi connectivity index (χ2n) is 7.00. The molecule has 1 atom stereocenters. The molecule has 116 valence electrons. The average Bonchev–Trinajstić information content (AvgIpc) is 2.83. The molecule has 0 saturated carbocycles. The summed E-state index contributed by atoms with van der Waals surface area (Å²) in [7, 11) is 0. The fraction of sp³-hybridized carbons (Fsp3) is 0.667. The number of likely N-dealkylation sites (tertiary alicyclic amines) is 1. The van der Waals surface area contributed by atoms with Gasteiger partial charge in [0.1, 0.15) is 0 Å². The summed E-state index contributed by atoms with van der Waals surface area (Å²) < 4.78 is 0. The van der Waals surface area contributed by atoms with Crippen molar-refractivity contribution in [2.75, 3.05) is 32.7 Å². The Kier molecular flexibility index (Phi) is 4.34. The molecular formula is C18H29N3. The Balaban J connectivity index is 1.75. The highest BCUT2D eigenvalue weighted by Crippen LogP contribution is 2.30. The largest absolute Gasteiger partial charge is 0.329 e. The maximum absolute atomic E-state index is 6.25. The number of hydrogen-bond acceptors (Lipinski definition) is 3. The smallest absolute Gasteiger partial charge is 0.0470 e. The molecule has 0 radical (unpaired) electrons. The van der Waals surface area contributed by atoms with Crippen molar-refractivity contribution in [1.82, 2.24) is 9.80 Å². The first kappa shape index (κ1) is 15.0. The summed E-state index contributed by atoms with van der Waals surface area (Å²) in [6.45, 7) is 10.0. The van der Waals surface area contributed by atoms with Crippen LogP contribution < -0.4 is 5.73 Å². The Morgan fingerprint density at radius 2 is 1.71 bits per heavy atom. The Hall–Kier alpha value is -0.900. The Morgan fingerprint density at radius 1 is 1.10 bits per heavy atom. The van der Waals surface area contributed by atoms with E-state index < -0.39 is 0 Å². The molecule has 0 spiro atoms. The lowest BCUT2D eigenvalue weighted by Gasteiger charge is -2.40. The van der Waals surface area contributed by atoms with Gasteiger partial charge < -0.3 is 5.73 Å². The first-order valence-electron chi connectivity index (χ1n) is 8.40. The standard InChI is InChI=1S/C18H29N3/c1-15(2)20-12-9-18(13-19,14-20)21-10-7-16-5-3-4-6-17(16)8-11-21/h3-6,15H,7-14,19H2,1-2H3. The highest BCUT2D eigenvalue weighted by molar-refractivity contribution is 5.29. The first-order valence-corrected chi connectivity index (χ1v) is 8.40. The molecule has 2 aliphatic rings. The van der Waals surface area contributed by atoms with Crippen molar-refractivity contribution < 1.29 is 0 Å². The average molecular weight is 287 g/mol. The third kappa shape index (κ3) is 2.87. The number of nitrogens with two attached hydrogens (primary N) is 1. The quantitative estimate of drug-likeness (QED) is 0.921. The zero-order valence-corrected chi connectivity index (χ0v) is 13.5. The maximum Gasteiger partial charge on any atom is 0.0470 e. The van der Waals surface area contributed by atoms with E-state index in [9.17, 15) is 0 Å². The van der Waals surface area contributed by atoms with E-state index >= 15 is 0 Å². The van der Waals surface area contributed by atoms with E-state index in [-0.39, 0.29) is 5.54 Å². The molecule has 21 heavy (non-hydrogen) atoms. The van der Waals surface area contributed by atoms with Crippen molar-refractivity contribution in [3.8, 4) is 0 Å². The monoisotopic (exact) mass is 287 g/mol. The predicted molar refractivity (Wildman–Crippen MR) is 88.5 cm³/mol. The molecule has 1 aromatic rings. The molecular weight excluding hydrogens is 258 g/mol. The molecule has 1 fully saturated rings. The molecule has 1 aromatic carbocycles. The van der Waals surface area contributed by atoms with Crippen LogP contribution in [0.1, 0.15) is 31.4 Å². The minimum Gasteiger partial charge on any atom is -0.329 e. The van der Waals surface area contributed by atoms with Gasteiger partial charge in [-0.2, -0.15) is 0 Å². The lowest BCUT2D eigenvalue weighted by Crippen LogP contribution is -2.56. The van der Waals surface area contributed by atoms with Crippen LogP contribution in [-0.4, -0.2) is 54.1 Å². The molecule has 2 aliphatic heterocycles. The fourth-order valence-electron chi connectivity index (χ4n) is 4.02. The molecule has 2 N–H and O–H groups in total. The second kappa shape index (κ2) is 6.07. The van der Waals surface area contributed by atoms with Gasteiger partial charge in [-0.25, -0.2) is 0 Å². The zero-order chi connectivity index (χ0) is 14.9. The lowest BCUT2D eigenvalue weighted by atomic mass is 9.95. The van der Waals surface area contributed by atoms with Crippen LogP contribution in [0.3, 0.4) is 0 Å². The molecule has 0 aliphatic carbocycles. The van der Waals surface area contributed by atoms with Gasteiger partial charge in [0.25, 0.3) is 0 Å². The Labute approximate surface area is 129 Å². The van der Waals surface area contributed by atoms with Crippen molar-refractivity contribution in [3.05, 3.63) is 35.4 Å². The van der Waals surface area contributed by atoms with Crippen molar-refractivity contribution in [2.45, 2.75) is 44.7 Å². The van der Waals surface area contributed by atoms with Gasteiger partial charge in [-0.05, 0) is 44.2 Å². The SMILES string of the molecule is CC(C)N1CCC(CN)(N2CCc3ccccc3CC2)C1. The number of hydrogen-bond donors (Lipinski definition) is 1. The van der Waals surface area contributed by atoms with E-state index in [1.54, 1.807) is 0 Å². The summed E-state index contributed by atoms with van der Waals surface area (Å²) in [5.41, 5.74) is 9.52. The number of benzene rings is 1. The highest BCUT2D eigenvalue weighted by Gasteiger charge is 2.42. The van der Waals surface area contributed by atoms with Gasteiger partial charge in [0.15, 0.2) is 0 Å².